The van der Waals surface area contributed by atoms with Crippen molar-refractivity contribution in [1.82, 2.24) is 14.7 Å². The van der Waals surface area contributed by atoms with Crippen LogP contribution in [0.4, 0.5) is 11.6 Å². The number of anilines is 2. The van der Waals surface area contributed by atoms with Crippen molar-refractivity contribution in [2.45, 2.75) is 33.6 Å². The summed E-state index contributed by atoms with van der Waals surface area (Å²) in [6.07, 6.45) is 1.55. The zero-order valence-electron chi connectivity index (χ0n) is 12.9. The summed E-state index contributed by atoms with van der Waals surface area (Å²) in [7, 11) is -3.16. The van der Waals surface area contributed by atoms with Crippen LogP contribution in [0.15, 0.2) is 6.07 Å². The number of unbranched alkanes of at least 4 members (excludes halogenated alkanes) is 1. The van der Waals surface area contributed by atoms with Crippen molar-refractivity contribution in [2.24, 2.45) is 0 Å². The molecule has 3 N–H and O–H groups in total. The van der Waals surface area contributed by atoms with Crippen LogP contribution < -0.4 is 15.4 Å². The first-order valence-corrected chi connectivity index (χ1v) is 8.93. The predicted octanol–water partition coefficient (Wildman–Crippen LogP) is 1.35. The lowest BCUT2D eigenvalue weighted by Gasteiger charge is -2.10. The first kappa shape index (κ1) is 17.6. The van der Waals surface area contributed by atoms with Crippen molar-refractivity contribution in [3.63, 3.8) is 0 Å². The maximum Gasteiger partial charge on any atom is 0.211 e. The van der Waals surface area contributed by atoms with Crippen molar-refractivity contribution >= 4 is 21.7 Å². The van der Waals surface area contributed by atoms with Gasteiger partial charge in [0.25, 0.3) is 0 Å². The second kappa shape index (κ2) is 8.78. The molecule has 0 fully saturated rings. The first-order valence-electron chi connectivity index (χ1n) is 7.27. The number of aromatic nitrogens is 2. The van der Waals surface area contributed by atoms with E-state index < -0.39 is 10.0 Å². The molecule has 120 valence electrons. The summed E-state index contributed by atoms with van der Waals surface area (Å²) in [6, 6.07) is 1.81. The second-order valence-electron chi connectivity index (χ2n) is 4.71. The van der Waals surface area contributed by atoms with Gasteiger partial charge in [-0.3, -0.25) is 0 Å². The molecule has 1 heterocycles. The van der Waals surface area contributed by atoms with Gasteiger partial charge in [-0.25, -0.2) is 23.1 Å². The molecule has 0 aliphatic heterocycles. The predicted molar refractivity (Wildman–Crippen MR) is 86.1 cm³/mol. The van der Waals surface area contributed by atoms with E-state index in [0.717, 1.165) is 18.8 Å². The fraction of sp³-hybridized carbons (Fsp3) is 0.692. The molecule has 1 aromatic rings. The lowest BCUT2D eigenvalue weighted by atomic mass is 10.4. The highest BCUT2D eigenvalue weighted by molar-refractivity contribution is 7.89. The quantitative estimate of drug-likeness (QED) is 0.564. The van der Waals surface area contributed by atoms with Crippen LogP contribution in [-0.4, -0.2) is 43.8 Å². The summed E-state index contributed by atoms with van der Waals surface area (Å²) >= 11 is 0. The van der Waals surface area contributed by atoms with Gasteiger partial charge in [-0.15, -0.1) is 0 Å². The molecule has 0 aliphatic rings. The van der Waals surface area contributed by atoms with Crippen LogP contribution >= 0.6 is 0 Å². The van der Waals surface area contributed by atoms with Gasteiger partial charge < -0.3 is 10.6 Å². The third kappa shape index (κ3) is 7.24. The molecular weight excluding hydrogens is 290 g/mol. The Balaban J connectivity index is 2.42. The monoisotopic (exact) mass is 315 g/mol. The van der Waals surface area contributed by atoms with Gasteiger partial charge in [0, 0.05) is 25.7 Å². The fourth-order valence-electron chi connectivity index (χ4n) is 1.73. The minimum absolute atomic E-state index is 0.181. The van der Waals surface area contributed by atoms with Gasteiger partial charge in [0.2, 0.25) is 10.0 Å². The largest absolute Gasteiger partial charge is 0.370 e. The van der Waals surface area contributed by atoms with Crippen molar-refractivity contribution in [3.8, 4) is 0 Å². The van der Waals surface area contributed by atoms with E-state index in [2.05, 4.69) is 25.3 Å². The molecule has 0 aromatic carbocycles. The Morgan fingerprint density at radius 2 is 1.76 bits per heavy atom. The molecule has 0 unspecified atom stereocenters. The van der Waals surface area contributed by atoms with Gasteiger partial charge in [-0.2, -0.15) is 0 Å². The van der Waals surface area contributed by atoms with Crippen molar-refractivity contribution in [3.05, 3.63) is 11.9 Å². The van der Waals surface area contributed by atoms with Crippen LogP contribution in [0.3, 0.4) is 0 Å². The number of nitrogens with one attached hydrogen (secondary N) is 3. The van der Waals surface area contributed by atoms with Crippen molar-refractivity contribution < 1.29 is 8.42 Å². The van der Waals surface area contributed by atoms with Gasteiger partial charge >= 0.3 is 0 Å². The summed E-state index contributed by atoms with van der Waals surface area (Å²) in [5, 5.41) is 6.22. The van der Waals surface area contributed by atoms with Crippen molar-refractivity contribution in [1.29, 1.82) is 0 Å². The van der Waals surface area contributed by atoms with Crippen molar-refractivity contribution in [2.75, 3.05) is 36.0 Å². The molecule has 21 heavy (non-hydrogen) atoms. The third-order valence-electron chi connectivity index (χ3n) is 2.72. The zero-order chi connectivity index (χ0) is 15.7. The molecule has 0 aliphatic carbocycles. The van der Waals surface area contributed by atoms with Crippen LogP contribution in [0, 0.1) is 6.92 Å². The minimum atomic E-state index is -3.16. The third-order valence-corrected chi connectivity index (χ3v) is 4.19. The van der Waals surface area contributed by atoms with E-state index in [4.69, 9.17) is 0 Å². The van der Waals surface area contributed by atoms with Crippen LogP contribution in [0.25, 0.3) is 0 Å². The minimum Gasteiger partial charge on any atom is -0.370 e. The Hall–Kier alpha value is -1.41. The Kier molecular flexibility index (Phi) is 7.38. The highest BCUT2D eigenvalue weighted by Crippen LogP contribution is 2.10. The summed E-state index contributed by atoms with van der Waals surface area (Å²) in [6.45, 7) is 7.39. The zero-order valence-corrected chi connectivity index (χ0v) is 13.8. The summed E-state index contributed by atoms with van der Waals surface area (Å²) in [4.78, 5) is 8.51. The maximum atomic E-state index is 11.6. The van der Waals surface area contributed by atoms with E-state index in [1.54, 1.807) is 0 Å². The van der Waals surface area contributed by atoms with Crippen LogP contribution in [0.5, 0.6) is 0 Å². The molecular formula is C13H25N5O2S. The standard InChI is InChI=1S/C13H25N5O2S/c1-4-6-9-21(19,20)16-8-7-15-13-10-12(14-5-2)17-11(3)18-13/h10,16H,4-9H2,1-3H3,(H2,14,15,17,18). The number of hydrogen-bond donors (Lipinski definition) is 3. The SMILES string of the molecule is CCCCS(=O)(=O)NCCNc1cc(NCC)nc(C)n1. The first-order chi connectivity index (χ1) is 9.96. The molecule has 0 saturated heterocycles. The van der Waals surface area contributed by atoms with E-state index in [1.807, 2.05) is 26.8 Å². The van der Waals surface area contributed by atoms with Gasteiger partial charge in [-0.05, 0) is 20.3 Å². The number of nitrogens with zero attached hydrogens (tertiary/aromatic N) is 2. The Morgan fingerprint density at radius 3 is 2.38 bits per heavy atom. The topological polar surface area (TPSA) is 96.0 Å². The smallest absolute Gasteiger partial charge is 0.211 e. The molecule has 0 bridgehead atoms. The summed E-state index contributed by atoms with van der Waals surface area (Å²) in [5.41, 5.74) is 0. The highest BCUT2D eigenvalue weighted by Gasteiger charge is 2.08. The molecule has 0 atom stereocenters. The van der Waals surface area contributed by atoms with E-state index in [0.29, 0.717) is 31.2 Å². The summed E-state index contributed by atoms with van der Waals surface area (Å²) in [5.74, 6) is 2.29. The average Bonchev–Trinajstić information content (AvgIpc) is 2.41. The molecule has 0 radical (unpaired) electrons. The van der Waals surface area contributed by atoms with E-state index in [9.17, 15) is 8.42 Å². The number of rotatable bonds is 10. The van der Waals surface area contributed by atoms with Crippen LogP contribution in [0.1, 0.15) is 32.5 Å². The lowest BCUT2D eigenvalue weighted by molar-refractivity contribution is 0.579. The van der Waals surface area contributed by atoms with E-state index in [1.165, 1.54) is 0 Å². The van der Waals surface area contributed by atoms with Gasteiger partial charge in [0.1, 0.15) is 17.5 Å². The van der Waals surface area contributed by atoms with Crippen LogP contribution in [0.2, 0.25) is 0 Å². The molecule has 0 spiro atoms. The Labute approximate surface area is 127 Å². The fourth-order valence-corrected chi connectivity index (χ4v) is 2.96. The Morgan fingerprint density at radius 1 is 1.10 bits per heavy atom. The average molecular weight is 315 g/mol. The molecule has 0 amide bonds. The van der Waals surface area contributed by atoms with Crippen LogP contribution in [-0.2, 0) is 10.0 Å². The summed E-state index contributed by atoms with van der Waals surface area (Å²) < 4.78 is 25.8. The molecule has 1 aromatic heterocycles. The number of aryl methyl sites for hydroxylation is 1. The molecule has 8 heteroatoms. The number of hydrogen-bond acceptors (Lipinski definition) is 6. The second-order valence-corrected chi connectivity index (χ2v) is 6.64. The van der Waals surface area contributed by atoms with Gasteiger partial charge in [0.15, 0.2) is 0 Å². The van der Waals surface area contributed by atoms with E-state index in [-0.39, 0.29) is 5.75 Å². The van der Waals surface area contributed by atoms with Gasteiger partial charge in [0.05, 0.1) is 5.75 Å². The highest BCUT2D eigenvalue weighted by atomic mass is 32.2. The molecule has 7 nitrogen and oxygen atoms in total. The maximum absolute atomic E-state index is 11.6. The molecule has 1 rings (SSSR count). The lowest BCUT2D eigenvalue weighted by Crippen LogP contribution is -2.31. The normalized spacial score (nSPS) is 11.4. The molecule has 0 saturated carbocycles. The van der Waals surface area contributed by atoms with E-state index >= 15 is 0 Å². The Bertz CT molecular complexity index is 533. The number of sulfonamides is 1. The van der Waals surface area contributed by atoms with Gasteiger partial charge in [-0.1, -0.05) is 13.3 Å².